The van der Waals surface area contributed by atoms with Crippen LogP contribution in [-0.4, -0.2) is 29.8 Å². The van der Waals surface area contributed by atoms with E-state index in [-0.39, 0.29) is 18.9 Å². The minimum atomic E-state index is -1.04. The van der Waals surface area contributed by atoms with Gasteiger partial charge in [0.15, 0.2) is 0 Å². The summed E-state index contributed by atoms with van der Waals surface area (Å²) in [5, 5.41) is 10.7. The molecule has 5 heteroatoms. The molecule has 2 N–H and O–H groups in total. The van der Waals surface area contributed by atoms with E-state index in [9.17, 15) is 9.59 Å². The van der Waals surface area contributed by atoms with Crippen LogP contribution in [-0.2, 0) is 16.0 Å². The van der Waals surface area contributed by atoms with E-state index in [2.05, 4.69) is 5.32 Å². The maximum Gasteiger partial charge on any atom is 0.322 e. The Morgan fingerprint density at radius 1 is 1.31 bits per heavy atom. The van der Waals surface area contributed by atoms with E-state index in [0.717, 1.165) is 10.5 Å². The Morgan fingerprint density at radius 2 is 1.94 bits per heavy atom. The van der Waals surface area contributed by atoms with Crippen molar-refractivity contribution in [1.29, 1.82) is 0 Å². The molecule has 0 saturated carbocycles. The Balaban J connectivity index is 2.46. The van der Waals surface area contributed by atoms with Gasteiger partial charge in [0.25, 0.3) is 0 Å². The van der Waals surface area contributed by atoms with Crippen LogP contribution >= 0.6 is 11.8 Å². The number of carboxylic acids is 1. The van der Waals surface area contributed by atoms with Crippen molar-refractivity contribution in [3.05, 3.63) is 29.8 Å². The number of carbonyl (C=O) groups excluding carboxylic acids is 1. The van der Waals surface area contributed by atoms with Gasteiger partial charge >= 0.3 is 5.97 Å². The summed E-state index contributed by atoms with van der Waals surface area (Å²) in [6.45, 7) is -0.332. The lowest BCUT2D eigenvalue weighted by molar-refractivity contribution is -0.137. The molecular formula is C11H13NO3S. The van der Waals surface area contributed by atoms with Crippen molar-refractivity contribution in [1.82, 2.24) is 5.32 Å². The van der Waals surface area contributed by atoms with Gasteiger partial charge in [-0.3, -0.25) is 9.59 Å². The number of thioether (sulfide) groups is 1. The Hall–Kier alpha value is -1.49. The molecule has 1 rings (SSSR count). The zero-order chi connectivity index (χ0) is 12.0. The molecule has 0 aromatic heterocycles. The van der Waals surface area contributed by atoms with E-state index in [0.29, 0.717) is 0 Å². The summed E-state index contributed by atoms with van der Waals surface area (Å²) >= 11 is 1.63. The summed E-state index contributed by atoms with van der Waals surface area (Å²) in [5.74, 6) is -1.31. The normalized spacial score (nSPS) is 9.81. The maximum atomic E-state index is 11.3. The molecule has 0 aliphatic rings. The molecule has 0 radical (unpaired) electrons. The number of carboxylic acid groups (broad SMARTS) is 1. The quantitative estimate of drug-likeness (QED) is 0.756. The fourth-order valence-corrected chi connectivity index (χ4v) is 1.57. The van der Waals surface area contributed by atoms with Gasteiger partial charge in [-0.2, -0.15) is 0 Å². The van der Waals surface area contributed by atoms with Crippen molar-refractivity contribution >= 4 is 23.6 Å². The van der Waals surface area contributed by atoms with Crippen LogP contribution in [0.3, 0.4) is 0 Å². The first-order valence-electron chi connectivity index (χ1n) is 4.73. The Labute approximate surface area is 98.0 Å². The number of nitrogens with one attached hydrogen (secondary N) is 1. The van der Waals surface area contributed by atoms with Gasteiger partial charge in [-0.05, 0) is 24.0 Å². The van der Waals surface area contributed by atoms with Crippen LogP contribution in [0.25, 0.3) is 0 Å². The SMILES string of the molecule is CSc1ccc(CC(=O)NCC(=O)O)cc1. The van der Waals surface area contributed by atoms with E-state index in [1.165, 1.54) is 0 Å². The predicted octanol–water partition coefficient (Wildman–Crippen LogP) is 1.15. The smallest absolute Gasteiger partial charge is 0.322 e. The minimum absolute atomic E-state index is 0.210. The molecule has 1 amide bonds. The molecule has 0 saturated heterocycles. The Bertz CT molecular complexity index is 375. The third-order valence-electron chi connectivity index (χ3n) is 1.96. The monoisotopic (exact) mass is 239 g/mol. The first-order chi connectivity index (χ1) is 7.61. The fraction of sp³-hybridized carbons (Fsp3) is 0.273. The summed E-state index contributed by atoms with van der Waals surface area (Å²) in [5.41, 5.74) is 0.876. The van der Waals surface area contributed by atoms with Gasteiger partial charge in [0, 0.05) is 4.90 Å². The standard InChI is InChI=1S/C11H13NO3S/c1-16-9-4-2-8(3-5-9)6-10(13)12-7-11(14)15/h2-5H,6-7H2,1H3,(H,12,13)(H,14,15). The second kappa shape index (κ2) is 6.17. The van der Waals surface area contributed by atoms with E-state index >= 15 is 0 Å². The molecule has 1 aromatic carbocycles. The van der Waals surface area contributed by atoms with Crippen LogP contribution < -0.4 is 5.32 Å². The first-order valence-corrected chi connectivity index (χ1v) is 5.95. The molecular weight excluding hydrogens is 226 g/mol. The molecule has 0 unspecified atom stereocenters. The highest BCUT2D eigenvalue weighted by Gasteiger charge is 2.04. The van der Waals surface area contributed by atoms with Crippen LogP contribution in [0.4, 0.5) is 0 Å². The van der Waals surface area contributed by atoms with E-state index in [1.54, 1.807) is 11.8 Å². The van der Waals surface area contributed by atoms with Gasteiger partial charge in [-0.25, -0.2) is 0 Å². The number of rotatable bonds is 5. The van der Waals surface area contributed by atoms with E-state index < -0.39 is 5.97 Å². The lowest BCUT2D eigenvalue weighted by atomic mass is 10.1. The minimum Gasteiger partial charge on any atom is -0.480 e. The highest BCUT2D eigenvalue weighted by Crippen LogP contribution is 2.14. The van der Waals surface area contributed by atoms with Gasteiger partial charge < -0.3 is 10.4 Å². The summed E-state index contributed by atoms with van der Waals surface area (Å²) < 4.78 is 0. The maximum absolute atomic E-state index is 11.3. The molecule has 1 aromatic rings. The molecule has 0 atom stereocenters. The third kappa shape index (κ3) is 4.35. The van der Waals surface area contributed by atoms with Crippen molar-refractivity contribution in [2.75, 3.05) is 12.8 Å². The summed E-state index contributed by atoms with van der Waals surface area (Å²) in [4.78, 5) is 22.6. The summed E-state index contributed by atoms with van der Waals surface area (Å²) in [7, 11) is 0. The number of hydrogen-bond donors (Lipinski definition) is 2. The summed E-state index contributed by atoms with van der Waals surface area (Å²) in [6, 6.07) is 7.60. The average Bonchev–Trinajstić information content (AvgIpc) is 2.27. The molecule has 0 aliphatic carbocycles. The highest BCUT2D eigenvalue weighted by atomic mass is 32.2. The van der Waals surface area contributed by atoms with Gasteiger partial charge in [0.2, 0.25) is 5.91 Å². The highest BCUT2D eigenvalue weighted by molar-refractivity contribution is 7.98. The first kappa shape index (κ1) is 12.6. The third-order valence-corrected chi connectivity index (χ3v) is 2.70. The van der Waals surface area contributed by atoms with Crippen molar-refractivity contribution in [2.45, 2.75) is 11.3 Å². The number of hydrogen-bond acceptors (Lipinski definition) is 3. The fourth-order valence-electron chi connectivity index (χ4n) is 1.17. The van der Waals surface area contributed by atoms with Crippen molar-refractivity contribution in [3.63, 3.8) is 0 Å². The zero-order valence-corrected chi connectivity index (χ0v) is 9.71. The van der Waals surface area contributed by atoms with Crippen LogP contribution in [0, 0.1) is 0 Å². The lowest BCUT2D eigenvalue weighted by Crippen LogP contribution is -2.30. The molecule has 4 nitrogen and oxygen atoms in total. The lowest BCUT2D eigenvalue weighted by Gasteiger charge is -2.03. The van der Waals surface area contributed by atoms with Gasteiger partial charge in [-0.15, -0.1) is 11.8 Å². The number of amides is 1. The molecule has 0 aliphatic heterocycles. The van der Waals surface area contributed by atoms with Crippen LogP contribution in [0.5, 0.6) is 0 Å². The van der Waals surface area contributed by atoms with Crippen molar-refractivity contribution in [3.8, 4) is 0 Å². The van der Waals surface area contributed by atoms with Gasteiger partial charge in [-0.1, -0.05) is 12.1 Å². The molecule has 16 heavy (non-hydrogen) atoms. The second-order valence-corrected chi connectivity index (χ2v) is 4.07. The topological polar surface area (TPSA) is 66.4 Å². The van der Waals surface area contributed by atoms with Crippen LogP contribution in [0.2, 0.25) is 0 Å². The van der Waals surface area contributed by atoms with Crippen molar-refractivity contribution in [2.24, 2.45) is 0 Å². The predicted molar refractivity (Wildman–Crippen MR) is 62.6 cm³/mol. The van der Waals surface area contributed by atoms with Gasteiger partial charge in [0.05, 0.1) is 6.42 Å². The molecule has 0 bridgehead atoms. The van der Waals surface area contributed by atoms with Crippen molar-refractivity contribution < 1.29 is 14.7 Å². The average molecular weight is 239 g/mol. The molecule has 0 spiro atoms. The zero-order valence-electron chi connectivity index (χ0n) is 8.90. The van der Waals surface area contributed by atoms with Gasteiger partial charge in [0.1, 0.15) is 6.54 Å². The Kier molecular flexibility index (Phi) is 4.85. The number of carbonyl (C=O) groups is 2. The largest absolute Gasteiger partial charge is 0.480 e. The van der Waals surface area contributed by atoms with Crippen LogP contribution in [0.1, 0.15) is 5.56 Å². The van der Waals surface area contributed by atoms with E-state index in [4.69, 9.17) is 5.11 Å². The number of aliphatic carboxylic acids is 1. The van der Waals surface area contributed by atoms with E-state index in [1.807, 2.05) is 30.5 Å². The molecule has 86 valence electrons. The van der Waals surface area contributed by atoms with Crippen LogP contribution in [0.15, 0.2) is 29.2 Å². The molecule has 0 heterocycles. The summed E-state index contributed by atoms with van der Waals surface area (Å²) in [6.07, 6.45) is 2.19. The second-order valence-electron chi connectivity index (χ2n) is 3.20. The number of benzene rings is 1. The Morgan fingerprint density at radius 3 is 2.44 bits per heavy atom. The molecule has 0 fully saturated rings.